The zero-order valence-corrected chi connectivity index (χ0v) is 9.17. The van der Waals surface area contributed by atoms with Crippen molar-refractivity contribution in [3.8, 4) is 6.07 Å². The molecule has 0 atom stereocenters. The Balaban J connectivity index is 3.19. The zero-order chi connectivity index (χ0) is 13.9. The summed E-state index contributed by atoms with van der Waals surface area (Å²) in [6.07, 6.45) is -7.42. The van der Waals surface area contributed by atoms with Gasteiger partial charge in [-0.3, -0.25) is 0 Å². The van der Waals surface area contributed by atoms with Crippen molar-refractivity contribution >= 4 is 5.82 Å². The number of hydrogen-bond donors (Lipinski definition) is 0. The predicted molar refractivity (Wildman–Crippen MR) is 53.2 cm³/mol. The molecule has 0 aromatic carbocycles. The molecule has 0 bridgehead atoms. The molecule has 0 amide bonds. The fourth-order valence-electron chi connectivity index (χ4n) is 1.28. The normalized spacial score (nSPS) is 11.4. The minimum atomic E-state index is -4.69. The molecule has 0 aliphatic rings. The number of hydrogen-bond acceptors (Lipinski definition) is 3. The average Bonchev–Trinajstić information content (AvgIpc) is 2.26. The van der Waals surface area contributed by atoms with Crippen LogP contribution in [0.3, 0.4) is 0 Å². The molecule has 0 unspecified atom stereocenters. The van der Waals surface area contributed by atoms with Gasteiger partial charge in [0.25, 0.3) is 6.43 Å². The maximum atomic E-state index is 12.4. The van der Waals surface area contributed by atoms with Crippen molar-refractivity contribution < 1.29 is 22.0 Å². The van der Waals surface area contributed by atoms with Crippen LogP contribution in [0.25, 0.3) is 0 Å². The first-order chi connectivity index (χ1) is 8.25. The molecule has 0 aliphatic carbocycles. The van der Waals surface area contributed by atoms with Gasteiger partial charge in [-0.1, -0.05) is 0 Å². The fourth-order valence-corrected chi connectivity index (χ4v) is 1.28. The highest BCUT2D eigenvalue weighted by Crippen LogP contribution is 2.30. The summed E-state index contributed by atoms with van der Waals surface area (Å²) < 4.78 is 61.6. The summed E-state index contributed by atoms with van der Waals surface area (Å²) in [5.41, 5.74) is -1.41. The first-order valence-corrected chi connectivity index (χ1v) is 4.73. The van der Waals surface area contributed by atoms with Crippen LogP contribution < -0.4 is 4.90 Å². The van der Waals surface area contributed by atoms with Crippen LogP contribution in [0.5, 0.6) is 0 Å². The Bertz CT molecular complexity index is 464. The molecule has 0 saturated heterocycles. The Hall–Kier alpha value is -1.91. The van der Waals surface area contributed by atoms with Gasteiger partial charge < -0.3 is 4.90 Å². The van der Waals surface area contributed by atoms with Crippen LogP contribution >= 0.6 is 0 Å². The maximum absolute atomic E-state index is 12.4. The topological polar surface area (TPSA) is 39.9 Å². The van der Waals surface area contributed by atoms with Gasteiger partial charge in [0.05, 0.1) is 12.1 Å². The van der Waals surface area contributed by atoms with Crippen molar-refractivity contribution in [1.29, 1.82) is 5.26 Å². The summed E-state index contributed by atoms with van der Waals surface area (Å²) in [4.78, 5) is 4.03. The second-order valence-electron chi connectivity index (χ2n) is 3.45. The van der Waals surface area contributed by atoms with Gasteiger partial charge in [0.1, 0.15) is 17.6 Å². The lowest BCUT2D eigenvalue weighted by Gasteiger charge is -2.19. The highest BCUT2D eigenvalue weighted by molar-refractivity contribution is 5.54. The summed E-state index contributed by atoms with van der Waals surface area (Å²) in [7, 11) is 1.15. The molecule has 0 saturated carbocycles. The predicted octanol–water partition coefficient (Wildman–Crippen LogP) is 2.67. The molecule has 1 rings (SSSR count). The number of aromatic nitrogens is 1. The number of nitriles is 1. The number of halogens is 5. The molecule has 1 aromatic heterocycles. The molecule has 0 spiro atoms. The van der Waals surface area contributed by atoms with Crippen molar-refractivity contribution in [3.63, 3.8) is 0 Å². The minimum Gasteiger partial charge on any atom is -0.353 e. The Kier molecular flexibility index (Phi) is 4.06. The third-order valence-electron chi connectivity index (χ3n) is 2.06. The Morgan fingerprint density at radius 3 is 2.44 bits per heavy atom. The highest BCUT2D eigenvalue weighted by Gasteiger charge is 2.33. The number of anilines is 1. The first-order valence-electron chi connectivity index (χ1n) is 4.73. The van der Waals surface area contributed by atoms with E-state index in [0.29, 0.717) is 6.07 Å². The smallest absolute Gasteiger partial charge is 0.353 e. The van der Waals surface area contributed by atoms with Crippen molar-refractivity contribution in [2.24, 2.45) is 0 Å². The quantitative estimate of drug-likeness (QED) is 0.789. The van der Waals surface area contributed by atoms with Crippen LogP contribution in [0.4, 0.5) is 27.8 Å². The number of nitrogens with zero attached hydrogens (tertiary/aromatic N) is 3. The van der Waals surface area contributed by atoms with E-state index in [1.54, 1.807) is 6.07 Å². The van der Waals surface area contributed by atoms with E-state index < -0.39 is 30.7 Å². The lowest BCUT2D eigenvalue weighted by molar-refractivity contribution is -0.141. The van der Waals surface area contributed by atoms with Crippen LogP contribution in [0.1, 0.15) is 11.3 Å². The Morgan fingerprint density at radius 2 is 2.00 bits per heavy atom. The average molecular weight is 265 g/mol. The van der Waals surface area contributed by atoms with Gasteiger partial charge in [-0.05, 0) is 12.1 Å². The third kappa shape index (κ3) is 3.29. The molecular weight excluding hydrogens is 257 g/mol. The molecule has 0 N–H and O–H groups in total. The van der Waals surface area contributed by atoms with Gasteiger partial charge in [-0.15, -0.1) is 0 Å². The van der Waals surface area contributed by atoms with E-state index in [2.05, 4.69) is 4.98 Å². The van der Waals surface area contributed by atoms with Crippen molar-refractivity contribution in [3.05, 3.63) is 23.4 Å². The maximum Gasteiger partial charge on any atom is 0.433 e. The van der Waals surface area contributed by atoms with E-state index >= 15 is 0 Å². The molecule has 1 heterocycles. The van der Waals surface area contributed by atoms with Crippen molar-refractivity contribution in [1.82, 2.24) is 4.98 Å². The second kappa shape index (κ2) is 5.16. The fraction of sp³-hybridized carbons (Fsp3) is 0.400. The monoisotopic (exact) mass is 265 g/mol. The lowest BCUT2D eigenvalue weighted by Crippen LogP contribution is -2.26. The van der Waals surface area contributed by atoms with Gasteiger partial charge in [0.2, 0.25) is 0 Å². The molecule has 8 heteroatoms. The second-order valence-corrected chi connectivity index (χ2v) is 3.45. The van der Waals surface area contributed by atoms with Crippen molar-refractivity contribution in [2.75, 3.05) is 18.5 Å². The van der Waals surface area contributed by atoms with E-state index in [-0.39, 0.29) is 5.56 Å². The minimum absolute atomic E-state index is 0.189. The Morgan fingerprint density at radius 1 is 1.39 bits per heavy atom. The Labute approximate surface area is 99.5 Å². The number of alkyl halides is 5. The van der Waals surface area contributed by atoms with Gasteiger partial charge in [0, 0.05) is 7.05 Å². The highest BCUT2D eigenvalue weighted by atomic mass is 19.4. The van der Waals surface area contributed by atoms with Gasteiger partial charge in [-0.25, -0.2) is 13.8 Å². The van der Waals surface area contributed by atoms with E-state index in [9.17, 15) is 22.0 Å². The van der Waals surface area contributed by atoms with Crippen molar-refractivity contribution in [2.45, 2.75) is 12.6 Å². The number of pyridine rings is 1. The largest absolute Gasteiger partial charge is 0.433 e. The molecule has 1 aromatic rings. The van der Waals surface area contributed by atoms with E-state index in [1.165, 1.54) is 0 Å². The van der Waals surface area contributed by atoms with Crippen LogP contribution in [0.15, 0.2) is 12.1 Å². The molecule has 0 fully saturated rings. The van der Waals surface area contributed by atoms with E-state index in [4.69, 9.17) is 5.26 Å². The molecular formula is C10H8F5N3. The van der Waals surface area contributed by atoms with Crippen LogP contribution in [-0.2, 0) is 6.18 Å². The summed E-state index contributed by atoms with van der Waals surface area (Å²) in [6.45, 7) is -0.803. The van der Waals surface area contributed by atoms with Gasteiger partial charge >= 0.3 is 6.18 Å². The van der Waals surface area contributed by atoms with Crippen LogP contribution in [-0.4, -0.2) is 25.0 Å². The molecule has 0 aliphatic heterocycles. The SMILES string of the molecule is CN(CC(F)F)c1nc(C(F)(F)F)ccc1C#N. The van der Waals surface area contributed by atoms with Gasteiger partial charge in [0.15, 0.2) is 0 Å². The zero-order valence-electron chi connectivity index (χ0n) is 9.17. The number of rotatable bonds is 3. The van der Waals surface area contributed by atoms with Gasteiger partial charge in [-0.2, -0.15) is 18.4 Å². The van der Waals surface area contributed by atoms with E-state index in [0.717, 1.165) is 18.0 Å². The third-order valence-corrected chi connectivity index (χ3v) is 2.06. The van der Waals surface area contributed by atoms with Crippen LogP contribution in [0.2, 0.25) is 0 Å². The molecule has 0 radical (unpaired) electrons. The standard InChI is InChI=1S/C10H8F5N3/c1-18(5-8(11)12)9-6(4-16)2-3-7(17-9)10(13,14)15/h2-3,8H,5H2,1H3. The summed E-state index contributed by atoms with van der Waals surface area (Å²) >= 11 is 0. The summed E-state index contributed by atoms with van der Waals surface area (Å²) in [5.74, 6) is -0.410. The molecule has 18 heavy (non-hydrogen) atoms. The van der Waals surface area contributed by atoms with E-state index in [1.807, 2.05) is 0 Å². The first kappa shape index (κ1) is 14.2. The summed E-state index contributed by atoms with van der Waals surface area (Å²) in [5, 5.41) is 8.71. The lowest BCUT2D eigenvalue weighted by atomic mass is 10.2. The summed E-state index contributed by atoms with van der Waals surface area (Å²) in [6, 6.07) is 3.16. The molecule has 98 valence electrons. The molecule has 3 nitrogen and oxygen atoms in total. The van der Waals surface area contributed by atoms with Crippen LogP contribution in [0, 0.1) is 11.3 Å².